The third kappa shape index (κ3) is 5.80. The third-order valence-electron chi connectivity index (χ3n) is 4.28. The summed E-state index contributed by atoms with van der Waals surface area (Å²) in [7, 11) is -2.91. The first-order valence-electron chi connectivity index (χ1n) is 9.20. The van der Waals surface area contributed by atoms with E-state index in [0.29, 0.717) is 28.4 Å². The lowest BCUT2D eigenvalue weighted by molar-refractivity contribution is 0.262. The number of anilines is 2. The van der Waals surface area contributed by atoms with Crippen LogP contribution in [0.1, 0.15) is 5.56 Å². The van der Waals surface area contributed by atoms with E-state index < -0.39 is 16.1 Å². The molecule has 0 saturated heterocycles. The molecule has 0 fully saturated rings. The Morgan fingerprint density at radius 3 is 2.34 bits per heavy atom. The molecule has 166 valence electrons. The van der Waals surface area contributed by atoms with E-state index in [1.807, 2.05) is 0 Å². The van der Waals surface area contributed by atoms with Crippen molar-refractivity contribution in [3.05, 3.63) is 66.2 Å². The molecule has 10 nitrogen and oxygen atoms in total. The molecule has 0 aliphatic carbocycles. The maximum atomic E-state index is 12.3. The molecule has 3 aromatic rings. The van der Waals surface area contributed by atoms with Crippen molar-refractivity contribution in [3.8, 4) is 11.5 Å². The summed E-state index contributed by atoms with van der Waals surface area (Å²) in [6, 6.07) is 14.2. The van der Waals surface area contributed by atoms with Gasteiger partial charge in [-0.05, 0) is 61.0 Å². The van der Waals surface area contributed by atoms with E-state index in [-0.39, 0.29) is 16.3 Å². The molecule has 0 bridgehead atoms. The Morgan fingerprint density at radius 1 is 0.969 bits per heavy atom. The summed E-state index contributed by atoms with van der Waals surface area (Å²) in [5, 5.41) is 22.9. The first kappa shape index (κ1) is 22.7. The van der Waals surface area contributed by atoms with Crippen molar-refractivity contribution < 1.29 is 27.6 Å². The third-order valence-corrected chi connectivity index (χ3v) is 5.13. The molecule has 11 heteroatoms. The normalized spacial score (nSPS) is 11.3. The van der Waals surface area contributed by atoms with Gasteiger partial charge in [-0.3, -0.25) is 4.55 Å². The number of nitrogens with zero attached hydrogens (tertiary/aromatic N) is 2. The van der Waals surface area contributed by atoms with Crippen LogP contribution in [0.5, 0.6) is 11.5 Å². The largest absolute Gasteiger partial charge is 0.508 e. The number of aryl methyl sites for hydroxylation is 1. The van der Waals surface area contributed by atoms with Crippen LogP contribution in [-0.2, 0) is 10.1 Å². The van der Waals surface area contributed by atoms with Gasteiger partial charge in [0.2, 0.25) is 0 Å². The maximum Gasteiger partial charge on any atom is 0.323 e. The quantitative estimate of drug-likeness (QED) is 0.232. The number of phenolic OH excluding ortho intramolecular Hbond substituents is 1. The number of azo groups is 1. The highest BCUT2D eigenvalue weighted by molar-refractivity contribution is 7.85. The van der Waals surface area contributed by atoms with E-state index in [2.05, 4.69) is 20.9 Å². The van der Waals surface area contributed by atoms with Crippen LogP contribution in [0.2, 0.25) is 0 Å². The Bertz CT molecular complexity index is 1290. The number of nitrogens with one attached hydrogen (secondary N) is 2. The highest BCUT2D eigenvalue weighted by Gasteiger charge is 2.11. The summed E-state index contributed by atoms with van der Waals surface area (Å²) in [6.45, 7) is 1.72. The number of benzene rings is 3. The summed E-state index contributed by atoms with van der Waals surface area (Å²) < 4.78 is 36.9. The summed E-state index contributed by atoms with van der Waals surface area (Å²) in [5.74, 6) is 0.456. The van der Waals surface area contributed by atoms with E-state index >= 15 is 0 Å². The van der Waals surface area contributed by atoms with Gasteiger partial charge in [-0.2, -0.15) is 18.6 Å². The molecule has 0 radical (unpaired) electrons. The summed E-state index contributed by atoms with van der Waals surface area (Å²) in [6.07, 6.45) is 0. The molecule has 0 heterocycles. The second kappa shape index (κ2) is 9.45. The Balaban J connectivity index is 1.73. The lowest BCUT2D eigenvalue weighted by atomic mass is 10.2. The van der Waals surface area contributed by atoms with Gasteiger partial charge in [-0.15, -0.1) is 0 Å². The topological polar surface area (TPSA) is 150 Å². The van der Waals surface area contributed by atoms with Gasteiger partial charge in [0.15, 0.2) is 0 Å². The van der Waals surface area contributed by atoms with Crippen molar-refractivity contribution in [2.24, 2.45) is 10.2 Å². The molecule has 3 aromatic carbocycles. The molecule has 2 amide bonds. The van der Waals surface area contributed by atoms with Crippen molar-refractivity contribution in [3.63, 3.8) is 0 Å². The molecule has 0 spiro atoms. The number of hydrogen-bond acceptors (Lipinski definition) is 7. The lowest BCUT2D eigenvalue weighted by Gasteiger charge is -2.12. The number of amides is 2. The number of rotatable bonds is 6. The number of carbonyl (C=O) groups excluding carboxylic acids is 1. The van der Waals surface area contributed by atoms with E-state index in [1.54, 1.807) is 31.2 Å². The number of phenols is 1. The summed E-state index contributed by atoms with van der Waals surface area (Å²) >= 11 is 0. The number of aromatic hydroxyl groups is 1. The SMILES string of the molecule is COc1cc(N=Nc2cccc(S(=O)(=O)O)c2)ccc1NC(=O)Nc1ccc(O)c(C)c1. The van der Waals surface area contributed by atoms with Gasteiger partial charge in [-0.1, -0.05) is 6.07 Å². The first-order chi connectivity index (χ1) is 15.2. The van der Waals surface area contributed by atoms with Crippen molar-refractivity contribution in [2.75, 3.05) is 17.7 Å². The minimum Gasteiger partial charge on any atom is -0.508 e. The van der Waals surface area contributed by atoms with Gasteiger partial charge < -0.3 is 20.5 Å². The van der Waals surface area contributed by atoms with Crippen LogP contribution in [0.3, 0.4) is 0 Å². The standard InChI is InChI=1S/C21H20N4O6S/c1-13-10-14(7-9-19(13)26)22-21(27)23-18-8-6-16(12-20(18)31-2)25-24-15-4-3-5-17(11-15)32(28,29)30/h3-12,26H,1-2H3,(H2,22,23,27)(H,28,29,30). The fourth-order valence-corrected chi connectivity index (χ4v) is 3.21. The highest BCUT2D eigenvalue weighted by Crippen LogP contribution is 2.31. The van der Waals surface area contributed by atoms with Crippen LogP contribution in [0.15, 0.2) is 75.8 Å². The molecule has 0 aromatic heterocycles. The predicted octanol–water partition coefficient (Wildman–Crippen LogP) is 5.02. The van der Waals surface area contributed by atoms with E-state index in [9.17, 15) is 18.3 Å². The Morgan fingerprint density at radius 2 is 1.69 bits per heavy atom. The molecule has 0 aliphatic heterocycles. The smallest absolute Gasteiger partial charge is 0.323 e. The fraction of sp³-hybridized carbons (Fsp3) is 0.0952. The molecule has 0 saturated carbocycles. The van der Waals surface area contributed by atoms with E-state index in [4.69, 9.17) is 9.29 Å². The van der Waals surface area contributed by atoms with Crippen LogP contribution in [0.4, 0.5) is 27.5 Å². The van der Waals surface area contributed by atoms with Crippen molar-refractivity contribution >= 4 is 38.9 Å². The second-order valence-electron chi connectivity index (χ2n) is 6.64. The fourth-order valence-electron chi connectivity index (χ4n) is 2.68. The number of carbonyl (C=O) groups is 1. The van der Waals surface area contributed by atoms with Gasteiger partial charge >= 0.3 is 6.03 Å². The Hall–Kier alpha value is -3.96. The summed E-state index contributed by atoms with van der Waals surface area (Å²) in [5.41, 5.74) is 2.13. The molecule has 32 heavy (non-hydrogen) atoms. The van der Waals surface area contributed by atoms with Crippen LogP contribution in [-0.4, -0.2) is 31.2 Å². The number of hydrogen-bond donors (Lipinski definition) is 4. The highest BCUT2D eigenvalue weighted by atomic mass is 32.2. The van der Waals surface area contributed by atoms with Crippen LogP contribution >= 0.6 is 0 Å². The molecule has 0 unspecified atom stereocenters. The van der Waals surface area contributed by atoms with Gasteiger partial charge in [0.05, 0.1) is 29.1 Å². The predicted molar refractivity (Wildman–Crippen MR) is 119 cm³/mol. The number of methoxy groups -OCH3 is 1. The van der Waals surface area contributed by atoms with Crippen molar-refractivity contribution in [2.45, 2.75) is 11.8 Å². The van der Waals surface area contributed by atoms with Crippen LogP contribution in [0, 0.1) is 6.92 Å². The average Bonchev–Trinajstić information content (AvgIpc) is 2.75. The zero-order valence-electron chi connectivity index (χ0n) is 17.1. The van der Waals surface area contributed by atoms with Gasteiger partial charge in [0.25, 0.3) is 10.1 Å². The molecular weight excluding hydrogens is 436 g/mol. The van der Waals surface area contributed by atoms with Crippen molar-refractivity contribution in [1.29, 1.82) is 0 Å². The van der Waals surface area contributed by atoms with E-state index in [0.717, 1.165) is 0 Å². The lowest BCUT2D eigenvalue weighted by Crippen LogP contribution is -2.19. The molecule has 0 aliphatic rings. The zero-order valence-corrected chi connectivity index (χ0v) is 17.9. The molecule has 4 N–H and O–H groups in total. The molecule has 0 atom stereocenters. The van der Waals surface area contributed by atoms with E-state index in [1.165, 1.54) is 43.5 Å². The minimum absolute atomic E-state index is 0.132. The van der Waals surface area contributed by atoms with Crippen LogP contribution < -0.4 is 15.4 Å². The number of urea groups is 1. The van der Waals surface area contributed by atoms with Gasteiger partial charge in [0.1, 0.15) is 11.5 Å². The van der Waals surface area contributed by atoms with Crippen LogP contribution in [0.25, 0.3) is 0 Å². The monoisotopic (exact) mass is 456 g/mol. The molecular formula is C21H20N4O6S. The molecule has 3 rings (SSSR count). The van der Waals surface area contributed by atoms with Crippen molar-refractivity contribution in [1.82, 2.24) is 0 Å². The maximum absolute atomic E-state index is 12.3. The number of ether oxygens (including phenoxy) is 1. The second-order valence-corrected chi connectivity index (χ2v) is 8.06. The zero-order chi connectivity index (χ0) is 23.3. The minimum atomic E-state index is -4.34. The Labute approximate surface area is 184 Å². The Kier molecular flexibility index (Phi) is 6.71. The average molecular weight is 456 g/mol. The first-order valence-corrected chi connectivity index (χ1v) is 10.6. The summed E-state index contributed by atoms with van der Waals surface area (Å²) in [4.78, 5) is 12.0. The van der Waals surface area contributed by atoms with Gasteiger partial charge in [-0.25, -0.2) is 4.79 Å². The van der Waals surface area contributed by atoms with Gasteiger partial charge in [0, 0.05) is 11.8 Å².